The SMILES string of the molecule is COc1ccc(Cl)cc1C(N)c1sccc1OC. The van der Waals surface area contributed by atoms with Crippen molar-refractivity contribution < 1.29 is 9.47 Å². The van der Waals surface area contributed by atoms with Gasteiger partial charge in [0.15, 0.2) is 0 Å². The molecular formula is C13H14ClNO2S. The molecule has 96 valence electrons. The molecule has 0 saturated carbocycles. The van der Waals surface area contributed by atoms with Gasteiger partial charge in [-0.25, -0.2) is 0 Å². The van der Waals surface area contributed by atoms with Gasteiger partial charge in [-0.3, -0.25) is 0 Å². The molecule has 0 aliphatic rings. The first kappa shape index (κ1) is 13.2. The molecule has 0 spiro atoms. The molecule has 0 bridgehead atoms. The molecule has 18 heavy (non-hydrogen) atoms. The lowest BCUT2D eigenvalue weighted by atomic mass is 10.0. The monoisotopic (exact) mass is 283 g/mol. The molecule has 0 saturated heterocycles. The van der Waals surface area contributed by atoms with Crippen LogP contribution in [0.25, 0.3) is 0 Å². The zero-order chi connectivity index (χ0) is 13.1. The van der Waals surface area contributed by atoms with Gasteiger partial charge in [0.25, 0.3) is 0 Å². The minimum Gasteiger partial charge on any atom is -0.496 e. The van der Waals surface area contributed by atoms with Crippen molar-refractivity contribution in [3.63, 3.8) is 0 Å². The molecule has 1 aromatic carbocycles. The van der Waals surface area contributed by atoms with Crippen LogP contribution in [0.3, 0.4) is 0 Å². The van der Waals surface area contributed by atoms with Crippen LogP contribution in [0.15, 0.2) is 29.6 Å². The minimum atomic E-state index is -0.311. The van der Waals surface area contributed by atoms with Crippen molar-refractivity contribution in [2.75, 3.05) is 14.2 Å². The van der Waals surface area contributed by atoms with Gasteiger partial charge in [0.05, 0.1) is 25.1 Å². The van der Waals surface area contributed by atoms with Crippen LogP contribution in [-0.4, -0.2) is 14.2 Å². The summed E-state index contributed by atoms with van der Waals surface area (Å²) in [5, 5.41) is 2.59. The summed E-state index contributed by atoms with van der Waals surface area (Å²) < 4.78 is 10.6. The van der Waals surface area contributed by atoms with Crippen LogP contribution in [0.1, 0.15) is 16.5 Å². The fourth-order valence-corrected chi connectivity index (χ4v) is 2.85. The number of thiophene rings is 1. The Morgan fingerprint density at radius 3 is 2.56 bits per heavy atom. The third kappa shape index (κ3) is 2.46. The molecule has 0 aliphatic heterocycles. The van der Waals surface area contributed by atoms with Crippen LogP contribution in [0, 0.1) is 0 Å². The summed E-state index contributed by atoms with van der Waals surface area (Å²) in [6.07, 6.45) is 0. The highest BCUT2D eigenvalue weighted by Crippen LogP contribution is 2.37. The van der Waals surface area contributed by atoms with Crippen LogP contribution < -0.4 is 15.2 Å². The Morgan fingerprint density at radius 2 is 1.89 bits per heavy atom. The van der Waals surface area contributed by atoms with Crippen LogP contribution in [-0.2, 0) is 0 Å². The number of hydrogen-bond acceptors (Lipinski definition) is 4. The van der Waals surface area contributed by atoms with Crippen LogP contribution in [0.2, 0.25) is 5.02 Å². The van der Waals surface area contributed by atoms with Gasteiger partial charge in [0.1, 0.15) is 11.5 Å². The fraction of sp³-hybridized carbons (Fsp3) is 0.231. The maximum Gasteiger partial charge on any atom is 0.134 e. The third-order valence-electron chi connectivity index (χ3n) is 2.69. The lowest BCUT2D eigenvalue weighted by Gasteiger charge is -2.16. The van der Waals surface area contributed by atoms with Gasteiger partial charge < -0.3 is 15.2 Å². The summed E-state index contributed by atoms with van der Waals surface area (Å²) in [6.45, 7) is 0. The summed E-state index contributed by atoms with van der Waals surface area (Å²) in [6, 6.07) is 7.01. The van der Waals surface area contributed by atoms with Gasteiger partial charge in [-0.05, 0) is 29.6 Å². The second kappa shape index (κ2) is 5.61. The molecule has 1 heterocycles. The van der Waals surface area contributed by atoms with Gasteiger partial charge in [0, 0.05) is 10.6 Å². The molecule has 5 heteroatoms. The predicted octanol–water partition coefficient (Wildman–Crippen LogP) is 3.47. The van der Waals surface area contributed by atoms with E-state index < -0.39 is 0 Å². The van der Waals surface area contributed by atoms with Gasteiger partial charge in [-0.2, -0.15) is 0 Å². The van der Waals surface area contributed by atoms with Crippen molar-refractivity contribution in [3.05, 3.63) is 45.1 Å². The molecule has 1 aromatic heterocycles. The Hall–Kier alpha value is -1.23. The highest BCUT2D eigenvalue weighted by Gasteiger charge is 2.19. The van der Waals surface area contributed by atoms with Crippen molar-refractivity contribution in [1.29, 1.82) is 0 Å². The zero-order valence-electron chi connectivity index (χ0n) is 10.1. The van der Waals surface area contributed by atoms with E-state index in [-0.39, 0.29) is 6.04 Å². The number of halogens is 1. The van der Waals surface area contributed by atoms with Crippen molar-refractivity contribution >= 4 is 22.9 Å². The first-order valence-electron chi connectivity index (χ1n) is 5.37. The van der Waals surface area contributed by atoms with Crippen LogP contribution in [0.5, 0.6) is 11.5 Å². The number of methoxy groups -OCH3 is 2. The Balaban J connectivity index is 2.45. The average Bonchev–Trinajstić information content (AvgIpc) is 2.86. The normalized spacial score (nSPS) is 12.2. The summed E-state index contributed by atoms with van der Waals surface area (Å²) in [5.74, 6) is 1.51. The number of hydrogen-bond donors (Lipinski definition) is 1. The van der Waals surface area contributed by atoms with Gasteiger partial charge in [-0.15, -0.1) is 11.3 Å². The van der Waals surface area contributed by atoms with Crippen LogP contribution >= 0.6 is 22.9 Å². The van der Waals surface area contributed by atoms with E-state index in [9.17, 15) is 0 Å². The van der Waals surface area contributed by atoms with Gasteiger partial charge >= 0.3 is 0 Å². The highest BCUT2D eigenvalue weighted by atomic mass is 35.5. The van der Waals surface area contributed by atoms with E-state index in [0.29, 0.717) is 5.02 Å². The van der Waals surface area contributed by atoms with Crippen molar-refractivity contribution in [1.82, 2.24) is 0 Å². The molecule has 2 N–H and O–H groups in total. The van der Waals surface area contributed by atoms with E-state index in [2.05, 4.69) is 0 Å². The first-order valence-corrected chi connectivity index (χ1v) is 6.63. The molecule has 0 amide bonds. The lowest BCUT2D eigenvalue weighted by Crippen LogP contribution is -2.12. The fourth-order valence-electron chi connectivity index (χ4n) is 1.79. The summed E-state index contributed by atoms with van der Waals surface area (Å²) in [7, 11) is 3.25. The molecule has 0 radical (unpaired) electrons. The Kier molecular flexibility index (Phi) is 4.11. The average molecular weight is 284 g/mol. The molecule has 2 rings (SSSR count). The molecule has 1 atom stereocenters. The van der Waals surface area contributed by atoms with Crippen LogP contribution in [0.4, 0.5) is 0 Å². The Labute approximate surface area is 115 Å². The molecule has 0 fully saturated rings. The van der Waals surface area contributed by atoms with E-state index in [1.54, 1.807) is 31.6 Å². The number of benzene rings is 1. The quantitative estimate of drug-likeness (QED) is 0.934. The minimum absolute atomic E-state index is 0.311. The lowest BCUT2D eigenvalue weighted by molar-refractivity contribution is 0.402. The number of ether oxygens (including phenoxy) is 2. The van der Waals surface area contributed by atoms with Crippen molar-refractivity contribution in [2.24, 2.45) is 5.73 Å². The molecular weight excluding hydrogens is 270 g/mol. The van der Waals surface area contributed by atoms with E-state index in [1.807, 2.05) is 23.6 Å². The molecule has 1 unspecified atom stereocenters. The van der Waals surface area contributed by atoms with E-state index in [4.69, 9.17) is 26.8 Å². The third-order valence-corrected chi connectivity index (χ3v) is 3.90. The summed E-state index contributed by atoms with van der Waals surface area (Å²) >= 11 is 7.57. The molecule has 2 aromatic rings. The molecule has 0 aliphatic carbocycles. The van der Waals surface area contributed by atoms with Crippen molar-refractivity contribution in [3.8, 4) is 11.5 Å². The van der Waals surface area contributed by atoms with Gasteiger partial charge in [-0.1, -0.05) is 11.6 Å². The first-order chi connectivity index (χ1) is 8.67. The standard InChI is InChI=1S/C13H14ClNO2S/c1-16-10-4-3-8(14)7-9(10)12(15)13-11(17-2)5-6-18-13/h3-7,12H,15H2,1-2H3. The Morgan fingerprint density at radius 1 is 1.17 bits per heavy atom. The van der Waals surface area contributed by atoms with E-state index in [0.717, 1.165) is 21.9 Å². The summed E-state index contributed by atoms with van der Waals surface area (Å²) in [5.41, 5.74) is 7.13. The smallest absolute Gasteiger partial charge is 0.134 e. The van der Waals surface area contributed by atoms with E-state index in [1.165, 1.54) is 0 Å². The number of nitrogens with two attached hydrogens (primary N) is 1. The predicted molar refractivity (Wildman–Crippen MR) is 74.9 cm³/mol. The maximum atomic E-state index is 6.27. The van der Waals surface area contributed by atoms with Crippen molar-refractivity contribution in [2.45, 2.75) is 6.04 Å². The summed E-state index contributed by atoms with van der Waals surface area (Å²) in [4.78, 5) is 0.957. The largest absolute Gasteiger partial charge is 0.496 e. The topological polar surface area (TPSA) is 44.5 Å². The number of rotatable bonds is 4. The maximum absolute atomic E-state index is 6.27. The molecule has 3 nitrogen and oxygen atoms in total. The van der Waals surface area contributed by atoms with E-state index >= 15 is 0 Å². The second-order valence-corrected chi connectivity index (χ2v) is 5.10. The Bertz CT molecular complexity index is 542. The second-order valence-electron chi connectivity index (χ2n) is 3.72. The van der Waals surface area contributed by atoms with Gasteiger partial charge in [0.2, 0.25) is 0 Å². The zero-order valence-corrected chi connectivity index (χ0v) is 11.7. The highest BCUT2D eigenvalue weighted by molar-refractivity contribution is 7.10.